The summed E-state index contributed by atoms with van der Waals surface area (Å²) in [6.45, 7) is 3.73. The summed E-state index contributed by atoms with van der Waals surface area (Å²) < 4.78 is -0.432. The van der Waals surface area contributed by atoms with Crippen LogP contribution in [0.2, 0.25) is 0 Å². The zero-order valence-corrected chi connectivity index (χ0v) is 8.34. The van der Waals surface area contributed by atoms with Gasteiger partial charge >= 0.3 is 0 Å². The summed E-state index contributed by atoms with van der Waals surface area (Å²) in [6.07, 6.45) is 1.54. The van der Waals surface area contributed by atoms with E-state index in [-0.39, 0.29) is 11.6 Å². The van der Waals surface area contributed by atoms with Crippen molar-refractivity contribution in [1.82, 2.24) is 9.97 Å². The maximum absolute atomic E-state index is 8.78. The van der Waals surface area contributed by atoms with Crippen LogP contribution in [-0.2, 0) is 4.75 Å². The van der Waals surface area contributed by atoms with Crippen molar-refractivity contribution in [2.24, 2.45) is 0 Å². The van der Waals surface area contributed by atoms with Crippen LogP contribution >= 0.6 is 12.6 Å². The topological polar surface area (TPSA) is 75.6 Å². The molecule has 0 amide bonds. The summed E-state index contributed by atoms with van der Waals surface area (Å²) in [5.41, 5.74) is 6.32. The Morgan fingerprint density at radius 3 is 2.69 bits per heavy atom. The van der Waals surface area contributed by atoms with E-state index < -0.39 is 4.75 Å². The van der Waals surface area contributed by atoms with Gasteiger partial charge in [0, 0.05) is 16.5 Å². The van der Waals surface area contributed by atoms with Gasteiger partial charge < -0.3 is 5.73 Å². The molecule has 1 heterocycles. The number of aromatic nitrogens is 2. The van der Waals surface area contributed by atoms with E-state index in [0.717, 1.165) is 0 Å². The highest BCUT2D eigenvalue weighted by atomic mass is 32.1. The van der Waals surface area contributed by atoms with Gasteiger partial charge in [-0.2, -0.15) is 17.9 Å². The fourth-order valence-corrected chi connectivity index (χ4v) is 1.09. The van der Waals surface area contributed by atoms with Gasteiger partial charge in [-0.3, -0.25) is 0 Å². The Bertz CT molecular complexity index is 361. The first-order valence-electron chi connectivity index (χ1n) is 3.70. The van der Waals surface area contributed by atoms with Gasteiger partial charge in [-0.15, -0.1) is 0 Å². The highest BCUT2D eigenvalue weighted by Gasteiger charge is 2.20. The van der Waals surface area contributed by atoms with Crippen LogP contribution in [0.3, 0.4) is 0 Å². The predicted molar refractivity (Wildman–Crippen MR) is 53.2 cm³/mol. The maximum atomic E-state index is 8.78. The number of nitrogens with two attached hydrogens (primary N) is 1. The molecule has 4 nitrogen and oxygen atoms in total. The van der Waals surface area contributed by atoms with E-state index in [2.05, 4.69) is 22.6 Å². The monoisotopic (exact) mass is 194 g/mol. The van der Waals surface area contributed by atoms with Gasteiger partial charge in [-0.1, -0.05) is 0 Å². The van der Waals surface area contributed by atoms with Gasteiger partial charge in [-0.05, 0) is 13.8 Å². The van der Waals surface area contributed by atoms with Gasteiger partial charge in [0.1, 0.15) is 6.07 Å². The fourth-order valence-electron chi connectivity index (χ4n) is 0.928. The van der Waals surface area contributed by atoms with E-state index in [4.69, 9.17) is 11.0 Å². The van der Waals surface area contributed by atoms with Gasteiger partial charge in [-0.25, -0.2) is 9.97 Å². The first-order chi connectivity index (χ1) is 5.95. The molecule has 0 aromatic carbocycles. The molecule has 0 saturated heterocycles. The average Bonchev–Trinajstić information content (AvgIpc) is 2.01. The lowest BCUT2D eigenvalue weighted by Gasteiger charge is -2.17. The van der Waals surface area contributed by atoms with Gasteiger partial charge in [0.25, 0.3) is 0 Å². The van der Waals surface area contributed by atoms with Crippen molar-refractivity contribution in [2.75, 3.05) is 5.73 Å². The Hall–Kier alpha value is -1.28. The third-order valence-corrected chi connectivity index (χ3v) is 1.81. The van der Waals surface area contributed by atoms with E-state index >= 15 is 0 Å². The zero-order chi connectivity index (χ0) is 10.1. The first-order valence-corrected chi connectivity index (χ1v) is 4.15. The molecule has 0 bridgehead atoms. The molecule has 1 aromatic rings. The highest BCUT2D eigenvalue weighted by molar-refractivity contribution is 7.81. The first kappa shape index (κ1) is 9.81. The summed E-state index contributed by atoms with van der Waals surface area (Å²) in [7, 11) is 0. The lowest BCUT2D eigenvalue weighted by Crippen LogP contribution is -2.13. The van der Waals surface area contributed by atoms with Crippen LogP contribution in [0.15, 0.2) is 6.20 Å². The summed E-state index contributed by atoms with van der Waals surface area (Å²) in [4.78, 5) is 7.64. The molecule has 0 fully saturated rings. The molecule has 0 unspecified atom stereocenters. The summed E-state index contributed by atoms with van der Waals surface area (Å²) >= 11 is 4.33. The van der Waals surface area contributed by atoms with Crippen LogP contribution in [0.1, 0.15) is 25.1 Å². The number of anilines is 1. The van der Waals surface area contributed by atoms with Crippen LogP contribution in [0, 0.1) is 11.3 Å². The van der Waals surface area contributed by atoms with Crippen molar-refractivity contribution >= 4 is 18.6 Å². The Morgan fingerprint density at radius 2 is 2.23 bits per heavy atom. The van der Waals surface area contributed by atoms with Crippen molar-refractivity contribution in [3.63, 3.8) is 0 Å². The lowest BCUT2D eigenvalue weighted by molar-refractivity contribution is 0.772. The predicted octanol–water partition coefficient (Wildman–Crippen LogP) is 1.10. The summed E-state index contributed by atoms with van der Waals surface area (Å²) in [5.74, 6) is 0.109. The van der Waals surface area contributed by atoms with Crippen molar-refractivity contribution in [3.8, 4) is 6.07 Å². The van der Waals surface area contributed by atoms with Gasteiger partial charge in [0.15, 0.2) is 5.69 Å². The highest BCUT2D eigenvalue weighted by Crippen LogP contribution is 2.28. The quantitative estimate of drug-likeness (QED) is 0.656. The molecule has 1 rings (SSSR count). The van der Waals surface area contributed by atoms with Crippen LogP contribution in [0.4, 0.5) is 5.95 Å². The smallest absolute Gasteiger partial charge is 0.221 e. The normalized spacial score (nSPS) is 10.9. The van der Waals surface area contributed by atoms with E-state index in [1.807, 2.05) is 19.9 Å². The van der Waals surface area contributed by atoms with Crippen molar-refractivity contribution in [3.05, 3.63) is 17.5 Å². The zero-order valence-electron chi connectivity index (χ0n) is 7.44. The van der Waals surface area contributed by atoms with Gasteiger partial charge in [0.05, 0.1) is 0 Å². The van der Waals surface area contributed by atoms with Crippen LogP contribution in [0.25, 0.3) is 0 Å². The molecule has 0 spiro atoms. The maximum Gasteiger partial charge on any atom is 0.221 e. The van der Waals surface area contributed by atoms with E-state index in [9.17, 15) is 0 Å². The number of nitrogen functional groups attached to an aromatic ring is 1. The van der Waals surface area contributed by atoms with Crippen molar-refractivity contribution in [1.29, 1.82) is 5.26 Å². The molecule has 0 saturated carbocycles. The summed E-state index contributed by atoms with van der Waals surface area (Å²) in [6, 6.07) is 1.96. The molecule has 0 aliphatic carbocycles. The Morgan fingerprint density at radius 1 is 1.62 bits per heavy atom. The SMILES string of the molecule is CC(C)(S)c1cnc(N)nc1C#N. The number of rotatable bonds is 1. The molecule has 0 atom stereocenters. The van der Waals surface area contributed by atoms with Crippen LogP contribution in [-0.4, -0.2) is 9.97 Å². The second kappa shape index (κ2) is 3.23. The minimum Gasteiger partial charge on any atom is -0.368 e. The Kier molecular flexibility index (Phi) is 2.43. The molecule has 68 valence electrons. The average molecular weight is 194 g/mol. The molecule has 1 aromatic heterocycles. The third-order valence-electron chi connectivity index (χ3n) is 1.57. The largest absolute Gasteiger partial charge is 0.368 e. The lowest BCUT2D eigenvalue weighted by atomic mass is 10.0. The molecule has 0 aliphatic heterocycles. The van der Waals surface area contributed by atoms with Crippen LogP contribution < -0.4 is 5.73 Å². The number of hydrogen-bond acceptors (Lipinski definition) is 5. The van der Waals surface area contributed by atoms with Crippen molar-refractivity contribution in [2.45, 2.75) is 18.6 Å². The Labute approximate surface area is 82.2 Å². The van der Waals surface area contributed by atoms with E-state index in [1.54, 1.807) is 0 Å². The Balaban J connectivity index is 3.32. The molecule has 13 heavy (non-hydrogen) atoms. The number of nitriles is 1. The molecular weight excluding hydrogens is 184 g/mol. The molecular formula is C8H10N4S. The molecule has 0 radical (unpaired) electrons. The van der Waals surface area contributed by atoms with Crippen LogP contribution in [0.5, 0.6) is 0 Å². The van der Waals surface area contributed by atoms with E-state index in [0.29, 0.717) is 5.56 Å². The second-order valence-electron chi connectivity index (χ2n) is 3.16. The van der Waals surface area contributed by atoms with Crippen molar-refractivity contribution < 1.29 is 0 Å². The third kappa shape index (κ3) is 2.10. The minimum atomic E-state index is -0.432. The minimum absolute atomic E-state index is 0.109. The molecule has 5 heteroatoms. The second-order valence-corrected chi connectivity index (χ2v) is 4.28. The standard InChI is InChI=1S/C8H10N4S/c1-8(2,13)5-4-11-7(10)12-6(5)3-9/h4,13H,1-2H3,(H2,10,11,12). The molecule has 0 aliphatic rings. The number of hydrogen-bond donors (Lipinski definition) is 2. The number of thiol groups is 1. The van der Waals surface area contributed by atoms with Gasteiger partial charge in [0.2, 0.25) is 5.95 Å². The fraction of sp³-hybridized carbons (Fsp3) is 0.375. The number of nitrogens with zero attached hydrogens (tertiary/aromatic N) is 3. The molecule has 2 N–H and O–H groups in total. The summed E-state index contributed by atoms with van der Waals surface area (Å²) in [5, 5.41) is 8.78. The van der Waals surface area contributed by atoms with E-state index in [1.165, 1.54) is 6.20 Å².